The topological polar surface area (TPSA) is 81.2 Å². The van der Waals surface area contributed by atoms with Gasteiger partial charge in [0.15, 0.2) is 0 Å². The maximum atomic E-state index is 14.5. The molecule has 1 N–H and O–H groups in total. The highest BCUT2D eigenvalue weighted by molar-refractivity contribution is 8.02. The van der Waals surface area contributed by atoms with Gasteiger partial charge in [-0.1, -0.05) is 44.2 Å². The highest BCUT2D eigenvalue weighted by atomic mass is 32.2. The van der Waals surface area contributed by atoms with Gasteiger partial charge in [0.2, 0.25) is 17.7 Å². The predicted molar refractivity (Wildman–Crippen MR) is 157 cm³/mol. The molecule has 3 heterocycles. The van der Waals surface area contributed by atoms with Gasteiger partial charge in [-0.05, 0) is 51.7 Å². The summed E-state index contributed by atoms with van der Waals surface area (Å²) in [6.45, 7) is 18.0. The number of para-hydroxylation sites is 1. The molecule has 4 rings (SSSR count). The number of anilines is 1. The lowest BCUT2D eigenvalue weighted by Gasteiger charge is -2.44. The fourth-order valence-electron chi connectivity index (χ4n) is 6.84. The molecule has 39 heavy (non-hydrogen) atoms. The van der Waals surface area contributed by atoms with Crippen molar-refractivity contribution in [2.45, 2.75) is 75.1 Å². The summed E-state index contributed by atoms with van der Waals surface area (Å²) in [4.78, 5) is 48.5. The molecule has 1 spiro atoms. The zero-order valence-corrected chi connectivity index (χ0v) is 24.7. The molecule has 3 saturated heterocycles. The predicted octanol–water partition coefficient (Wildman–Crippen LogP) is 4.13. The lowest BCUT2D eigenvalue weighted by Crippen LogP contribution is -2.61. The summed E-state index contributed by atoms with van der Waals surface area (Å²) < 4.78 is -0.720. The molecule has 0 aromatic heterocycles. The molecule has 2 unspecified atom stereocenters. The third kappa shape index (κ3) is 4.84. The van der Waals surface area contributed by atoms with Crippen LogP contribution >= 0.6 is 11.8 Å². The second-order valence-corrected chi connectivity index (χ2v) is 13.9. The van der Waals surface area contributed by atoms with Crippen molar-refractivity contribution in [2.24, 2.45) is 17.8 Å². The molecule has 3 aliphatic heterocycles. The van der Waals surface area contributed by atoms with E-state index in [0.29, 0.717) is 19.5 Å². The standard InChI is InChI=1S/C31H43N3O4S/c1-8-17-32(21-13-11-10-12-14-21)27(36)24-23-15-16-31(39-23)25(24)28(37)34(22(19-35)20(3)4)26(31)29(38)33(18-9-2)30(5,6)7/h8-14,20,22-26,35H,1-2,15-19H2,3-7H3/t22-,23-,24+,25-,26?,31?/m0/s1. The normalized spacial score (nSPS) is 28.4. The van der Waals surface area contributed by atoms with Crippen LogP contribution in [0.4, 0.5) is 5.69 Å². The summed E-state index contributed by atoms with van der Waals surface area (Å²) in [7, 11) is 0. The van der Waals surface area contributed by atoms with Gasteiger partial charge in [0.05, 0.1) is 29.2 Å². The quantitative estimate of drug-likeness (QED) is 0.441. The number of aliphatic hydroxyl groups is 1. The van der Waals surface area contributed by atoms with Gasteiger partial charge in [-0.3, -0.25) is 14.4 Å². The summed E-state index contributed by atoms with van der Waals surface area (Å²) in [5, 5.41) is 10.4. The number of likely N-dealkylation sites (tertiary alicyclic amines) is 1. The fourth-order valence-corrected chi connectivity index (χ4v) is 9.03. The van der Waals surface area contributed by atoms with Crippen molar-refractivity contribution in [1.82, 2.24) is 9.80 Å². The van der Waals surface area contributed by atoms with Crippen molar-refractivity contribution in [1.29, 1.82) is 0 Å². The molecule has 7 nitrogen and oxygen atoms in total. The van der Waals surface area contributed by atoms with Crippen LogP contribution in [-0.2, 0) is 14.4 Å². The van der Waals surface area contributed by atoms with Crippen LogP contribution in [0.3, 0.4) is 0 Å². The molecule has 3 aliphatic rings. The van der Waals surface area contributed by atoms with E-state index in [0.717, 1.165) is 12.1 Å². The van der Waals surface area contributed by atoms with E-state index in [1.165, 1.54) is 0 Å². The average molecular weight is 554 g/mol. The highest BCUT2D eigenvalue weighted by Crippen LogP contribution is 2.67. The Morgan fingerprint density at radius 2 is 1.79 bits per heavy atom. The van der Waals surface area contributed by atoms with E-state index < -0.39 is 34.2 Å². The van der Waals surface area contributed by atoms with Crippen LogP contribution in [0.15, 0.2) is 55.6 Å². The minimum Gasteiger partial charge on any atom is -0.394 e. The summed E-state index contributed by atoms with van der Waals surface area (Å²) in [5.41, 5.74) is 0.269. The molecule has 2 bridgehead atoms. The minimum absolute atomic E-state index is 0.0472. The van der Waals surface area contributed by atoms with Crippen LogP contribution in [-0.4, -0.2) is 79.9 Å². The summed E-state index contributed by atoms with van der Waals surface area (Å²) >= 11 is 1.66. The maximum Gasteiger partial charge on any atom is 0.247 e. The second kappa shape index (κ2) is 11.1. The molecule has 6 atom stereocenters. The van der Waals surface area contributed by atoms with Crippen LogP contribution in [0.2, 0.25) is 0 Å². The molecule has 8 heteroatoms. The number of nitrogens with zero attached hydrogens (tertiary/aromatic N) is 3. The molecule has 0 saturated carbocycles. The average Bonchev–Trinajstić information content (AvgIpc) is 3.53. The summed E-state index contributed by atoms with van der Waals surface area (Å²) in [6.07, 6.45) is 4.86. The number of carbonyl (C=O) groups is 3. The SMILES string of the molecule is C=CCN(C(=O)[C@@H]1[C@@H]2CCC3(S2)C(C(=O)N(CC=C)C(C)(C)C)N([C@@H](CO)C(C)C)C(=O)[C@H]13)c1ccccc1. The number of amides is 3. The summed E-state index contributed by atoms with van der Waals surface area (Å²) in [6, 6.07) is 8.19. The Labute approximate surface area is 237 Å². The van der Waals surface area contributed by atoms with Crippen molar-refractivity contribution in [3.63, 3.8) is 0 Å². The third-order valence-corrected chi connectivity index (χ3v) is 10.6. The Balaban J connectivity index is 1.82. The summed E-state index contributed by atoms with van der Waals surface area (Å²) in [5.74, 6) is -1.67. The first-order chi connectivity index (χ1) is 18.4. The molecule has 3 fully saturated rings. The molecular weight excluding hydrogens is 510 g/mol. The van der Waals surface area contributed by atoms with E-state index in [2.05, 4.69) is 13.2 Å². The first-order valence-electron chi connectivity index (χ1n) is 13.9. The van der Waals surface area contributed by atoms with Crippen LogP contribution in [0, 0.1) is 17.8 Å². The highest BCUT2D eigenvalue weighted by Gasteiger charge is 2.75. The van der Waals surface area contributed by atoms with Gasteiger partial charge < -0.3 is 19.8 Å². The zero-order valence-electron chi connectivity index (χ0n) is 23.9. The number of benzene rings is 1. The molecule has 1 aromatic rings. The number of thioether (sulfide) groups is 1. The van der Waals surface area contributed by atoms with Crippen LogP contribution in [0.1, 0.15) is 47.5 Å². The van der Waals surface area contributed by atoms with E-state index in [9.17, 15) is 19.5 Å². The molecule has 0 radical (unpaired) electrons. The number of carbonyl (C=O) groups excluding carboxylic acids is 3. The van der Waals surface area contributed by atoms with Gasteiger partial charge in [-0.15, -0.1) is 24.9 Å². The number of hydrogen-bond donors (Lipinski definition) is 1. The zero-order chi connectivity index (χ0) is 28.7. The van der Waals surface area contributed by atoms with Gasteiger partial charge in [-0.2, -0.15) is 0 Å². The lowest BCUT2D eigenvalue weighted by molar-refractivity contribution is -0.149. The van der Waals surface area contributed by atoms with E-state index in [4.69, 9.17) is 0 Å². The molecule has 0 aliphatic carbocycles. The van der Waals surface area contributed by atoms with Crippen molar-refractivity contribution in [3.8, 4) is 0 Å². The monoisotopic (exact) mass is 553 g/mol. The second-order valence-electron chi connectivity index (χ2n) is 12.3. The molecule has 3 amide bonds. The van der Waals surface area contributed by atoms with Crippen molar-refractivity contribution in [2.75, 3.05) is 24.6 Å². The van der Waals surface area contributed by atoms with Gasteiger partial charge in [0, 0.05) is 29.6 Å². The number of hydrogen-bond acceptors (Lipinski definition) is 5. The van der Waals surface area contributed by atoms with Crippen molar-refractivity contribution in [3.05, 3.63) is 55.6 Å². The van der Waals surface area contributed by atoms with E-state index >= 15 is 0 Å². The van der Waals surface area contributed by atoms with Crippen LogP contribution < -0.4 is 4.90 Å². The Kier molecular flexibility index (Phi) is 8.39. The number of rotatable bonds is 10. The largest absolute Gasteiger partial charge is 0.394 e. The van der Waals surface area contributed by atoms with Crippen LogP contribution in [0.25, 0.3) is 0 Å². The van der Waals surface area contributed by atoms with E-state index in [1.54, 1.807) is 38.6 Å². The third-order valence-electron chi connectivity index (χ3n) is 8.60. The first kappa shape index (κ1) is 29.4. The van der Waals surface area contributed by atoms with Crippen molar-refractivity contribution >= 4 is 35.2 Å². The lowest BCUT2D eigenvalue weighted by atomic mass is 9.70. The number of fused-ring (bicyclic) bond motifs is 1. The molecule has 1 aromatic carbocycles. The van der Waals surface area contributed by atoms with E-state index in [1.807, 2.05) is 65.0 Å². The van der Waals surface area contributed by atoms with E-state index in [-0.39, 0.29) is 35.5 Å². The van der Waals surface area contributed by atoms with Crippen molar-refractivity contribution < 1.29 is 19.5 Å². The fraction of sp³-hybridized carbons (Fsp3) is 0.581. The first-order valence-corrected chi connectivity index (χ1v) is 14.8. The Morgan fingerprint density at radius 3 is 2.33 bits per heavy atom. The maximum absolute atomic E-state index is 14.5. The minimum atomic E-state index is -0.758. The Bertz CT molecular complexity index is 1120. The van der Waals surface area contributed by atoms with Gasteiger partial charge in [0.25, 0.3) is 0 Å². The van der Waals surface area contributed by atoms with Gasteiger partial charge >= 0.3 is 0 Å². The Hall–Kier alpha value is -2.58. The Morgan fingerprint density at radius 1 is 1.15 bits per heavy atom. The van der Waals surface area contributed by atoms with Crippen LogP contribution in [0.5, 0.6) is 0 Å². The smallest absolute Gasteiger partial charge is 0.247 e. The number of aliphatic hydroxyl groups excluding tert-OH is 1. The van der Waals surface area contributed by atoms with Gasteiger partial charge in [-0.25, -0.2) is 0 Å². The van der Waals surface area contributed by atoms with Gasteiger partial charge in [0.1, 0.15) is 6.04 Å². The molecule has 212 valence electrons. The molecular formula is C31H43N3O4S.